The van der Waals surface area contributed by atoms with Crippen molar-refractivity contribution in [2.24, 2.45) is 0 Å². The Morgan fingerprint density at radius 2 is 1.77 bits per heavy atom. The molecule has 1 amide bonds. The van der Waals surface area contributed by atoms with E-state index in [1.165, 1.54) is 0 Å². The summed E-state index contributed by atoms with van der Waals surface area (Å²) in [5.74, 6) is -1.26. The number of piperidine rings is 1. The summed E-state index contributed by atoms with van der Waals surface area (Å²) in [4.78, 5) is 38.5. The molecule has 0 unspecified atom stereocenters. The second kappa shape index (κ2) is 6.74. The van der Waals surface area contributed by atoms with E-state index in [9.17, 15) is 19.5 Å². The number of aromatic amines is 1. The topological polar surface area (TPSA) is 103 Å². The number of rotatable bonds is 3. The second-order valence-electron chi connectivity index (χ2n) is 6.68. The standard InChI is InChI=1S/C19H21N3O4/c1-12-13(2)20-21-16(23)15(12)17(24)22-10-8-19(9-11-22,18(25)26)14-6-4-3-5-7-14/h3-7H,8-11H2,1-2H3,(H,21,23)(H,25,26). The Labute approximate surface area is 150 Å². The molecular formula is C19H21N3O4. The van der Waals surface area contributed by atoms with Crippen LogP contribution >= 0.6 is 0 Å². The van der Waals surface area contributed by atoms with Crippen LogP contribution < -0.4 is 5.56 Å². The highest BCUT2D eigenvalue weighted by Gasteiger charge is 2.44. The lowest BCUT2D eigenvalue weighted by Crippen LogP contribution is -2.50. The number of carboxylic acids is 1. The van der Waals surface area contributed by atoms with Crippen molar-refractivity contribution >= 4 is 11.9 Å². The average molecular weight is 355 g/mol. The number of H-pyrrole nitrogens is 1. The minimum Gasteiger partial charge on any atom is -0.481 e. The maximum atomic E-state index is 12.8. The van der Waals surface area contributed by atoms with Crippen LogP contribution in [0.3, 0.4) is 0 Å². The Kier molecular flexibility index (Phi) is 4.63. The summed E-state index contributed by atoms with van der Waals surface area (Å²) in [6.07, 6.45) is 0.609. The number of benzene rings is 1. The Bertz CT molecular complexity index is 897. The molecule has 0 saturated carbocycles. The van der Waals surface area contributed by atoms with Crippen LogP contribution in [-0.4, -0.2) is 45.2 Å². The number of carbonyl (C=O) groups excluding carboxylic acids is 1. The highest BCUT2D eigenvalue weighted by atomic mass is 16.4. The van der Waals surface area contributed by atoms with Gasteiger partial charge in [0, 0.05) is 13.1 Å². The van der Waals surface area contributed by atoms with E-state index in [1.54, 1.807) is 18.7 Å². The number of nitrogens with zero attached hydrogens (tertiary/aromatic N) is 2. The largest absolute Gasteiger partial charge is 0.481 e. The lowest BCUT2D eigenvalue weighted by atomic mass is 9.72. The number of aliphatic carboxylic acids is 1. The third-order valence-corrected chi connectivity index (χ3v) is 5.32. The Hall–Kier alpha value is -2.96. The van der Waals surface area contributed by atoms with Crippen LogP contribution in [0.4, 0.5) is 0 Å². The van der Waals surface area contributed by atoms with E-state index >= 15 is 0 Å². The summed E-state index contributed by atoms with van der Waals surface area (Å²) in [7, 11) is 0. The van der Waals surface area contributed by atoms with Gasteiger partial charge in [0.25, 0.3) is 11.5 Å². The first kappa shape index (κ1) is 17.8. The van der Waals surface area contributed by atoms with Crippen LogP contribution in [0, 0.1) is 13.8 Å². The minimum absolute atomic E-state index is 0.0834. The molecule has 0 aliphatic carbocycles. The van der Waals surface area contributed by atoms with E-state index in [0.29, 0.717) is 24.1 Å². The maximum Gasteiger partial charge on any atom is 0.314 e. The van der Waals surface area contributed by atoms with E-state index in [1.807, 2.05) is 30.3 Å². The number of carbonyl (C=O) groups is 2. The summed E-state index contributed by atoms with van der Waals surface area (Å²) in [5, 5.41) is 16.1. The quantitative estimate of drug-likeness (QED) is 0.871. The van der Waals surface area contributed by atoms with Gasteiger partial charge in [0.1, 0.15) is 5.56 Å². The zero-order chi connectivity index (χ0) is 18.9. The number of aryl methyl sites for hydroxylation is 1. The summed E-state index contributed by atoms with van der Waals surface area (Å²) < 4.78 is 0. The molecule has 2 heterocycles. The summed E-state index contributed by atoms with van der Waals surface area (Å²) in [6.45, 7) is 3.98. The number of hydrogen-bond acceptors (Lipinski definition) is 4. The van der Waals surface area contributed by atoms with Gasteiger partial charge in [-0.2, -0.15) is 5.10 Å². The Morgan fingerprint density at radius 3 is 2.35 bits per heavy atom. The molecule has 2 aromatic rings. The van der Waals surface area contributed by atoms with Gasteiger partial charge in [-0.1, -0.05) is 30.3 Å². The molecule has 136 valence electrons. The van der Waals surface area contributed by atoms with Gasteiger partial charge in [0.05, 0.1) is 11.1 Å². The molecule has 3 rings (SSSR count). The van der Waals surface area contributed by atoms with Gasteiger partial charge in [0.15, 0.2) is 0 Å². The third-order valence-electron chi connectivity index (χ3n) is 5.32. The number of amides is 1. The van der Waals surface area contributed by atoms with Crippen molar-refractivity contribution in [2.45, 2.75) is 32.1 Å². The van der Waals surface area contributed by atoms with Gasteiger partial charge >= 0.3 is 5.97 Å². The fourth-order valence-corrected chi connectivity index (χ4v) is 3.52. The van der Waals surface area contributed by atoms with Crippen molar-refractivity contribution in [3.63, 3.8) is 0 Å². The number of nitrogens with one attached hydrogen (secondary N) is 1. The lowest BCUT2D eigenvalue weighted by Gasteiger charge is -2.39. The number of hydrogen-bond donors (Lipinski definition) is 2. The molecule has 7 nitrogen and oxygen atoms in total. The normalized spacial score (nSPS) is 16.3. The molecule has 1 saturated heterocycles. The van der Waals surface area contributed by atoms with Crippen molar-refractivity contribution in [3.8, 4) is 0 Å². The number of likely N-dealkylation sites (tertiary alicyclic amines) is 1. The molecule has 1 aromatic carbocycles. The van der Waals surface area contributed by atoms with Crippen LogP contribution in [0.25, 0.3) is 0 Å². The average Bonchev–Trinajstić information content (AvgIpc) is 2.65. The molecule has 1 aromatic heterocycles. The molecular weight excluding hydrogens is 334 g/mol. The first-order chi connectivity index (χ1) is 12.4. The first-order valence-electron chi connectivity index (χ1n) is 8.51. The van der Waals surface area contributed by atoms with Crippen LogP contribution in [0.15, 0.2) is 35.1 Å². The highest BCUT2D eigenvalue weighted by Crippen LogP contribution is 2.36. The first-order valence-corrected chi connectivity index (χ1v) is 8.51. The van der Waals surface area contributed by atoms with Crippen LogP contribution in [0.2, 0.25) is 0 Å². The van der Waals surface area contributed by atoms with Crippen molar-refractivity contribution in [3.05, 3.63) is 63.1 Å². The van der Waals surface area contributed by atoms with Gasteiger partial charge < -0.3 is 10.0 Å². The van der Waals surface area contributed by atoms with Crippen molar-refractivity contribution in [1.82, 2.24) is 15.1 Å². The van der Waals surface area contributed by atoms with Crippen molar-refractivity contribution in [2.75, 3.05) is 13.1 Å². The lowest BCUT2D eigenvalue weighted by molar-refractivity contribution is -0.145. The van der Waals surface area contributed by atoms with Gasteiger partial charge in [-0.05, 0) is 37.8 Å². The Balaban J connectivity index is 1.86. The molecule has 0 radical (unpaired) electrons. The highest BCUT2D eigenvalue weighted by molar-refractivity contribution is 5.95. The van der Waals surface area contributed by atoms with E-state index in [4.69, 9.17) is 0 Å². The second-order valence-corrected chi connectivity index (χ2v) is 6.68. The fraction of sp³-hybridized carbons (Fsp3) is 0.368. The fourth-order valence-electron chi connectivity index (χ4n) is 3.52. The zero-order valence-corrected chi connectivity index (χ0v) is 14.8. The van der Waals surface area contributed by atoms with Gasteiger partial charge in [0.2, 0.25) is 0 Å². The summed E-state index contributed by atoms with van der Waals surface area (Å²) in [5.41, 5.74) is 0.448. The monoisotopic (exact) mass is 355 g/mol. The van der Waals surface area contributed by atoms with Crippen molar-refractivity contribution in [1.29, 1.82) is 0 Å². The number of carboxylic acid groups (broad SMARTS) is 1. The van der Waals surface area contributed by atoms with E-state index < -0.39 is 16.9 Å². The summed E-state index contributed by atoms with van der Waals surface area (Å²) >= 11 is 0. The zero-order valence-electron chi connectivity index (χ0n) is 14.8. The van der Waals surface area contributed by atoms with Crippen LogP contribution in [-0.2, 0) is 10.2 Å². The van der Waals surface area contributed by atoms with Crippen molar-refractivity contribution < 1.29 is 14.7 Å². The van der Waals surface area contributed by atoms with E-state index in [0.717, 1.165) is 5.56 Å². The predicted molar refractivity (Wildman–Crippen MR) is 95.2 cm³/mol. The van der Waals surface area contributed by atoms with Gasteiger partial charge in [-0.15, -0.1) is 0 Å². The smallest absolute Gasteiger partial charge is 0.314 e. The molecule has 1 fully saturated rings. The maximum absolute atomic E-state index is 12.8. The van der Waals surface area contributed by atoms with E-state index in [2.05, 4.69) is 10.2 Å². The SMILES string of the molecule is Cc1n[nH]c(=O)c(C(=O)N2CCC(C(=O)O)(c3ccccc3)CC2)c1C. The molecule has 0 atom stereocenters. The molecule has 1 aliphatic heterocycles. The summed E-state index contributed by atoms with van der Waals surface area (Å²) in [6, 6.07) is 9.11. The predicted octanol–water partition coefficient (Wildman–Crippen LogP) is 1.65. The Morgan fingerprint density at radius 1 is 1.15 bits per heavy atom. The van der Waals surface area contributed by atoms with Gasteiger partial charge in [-0.3, -0.25) is 14.4 Å². The molecule has 1 aliphatic rings. The molecule has 0 bridgehead atoms. The molecule has 7 heteroatoms. The molecule has 0 spiro atoms. The van der Waals surface area contributed by atoms with Crippen LogP contribution in [0.5, 0.6) is 0 Å². The van der Waals surface area contributed by atoms with Gasteiger partial charge in [-0.25, -0.2) is 5.10 Å². The molecule has 26 heavy (non-hydrogen) atoms. The minimum atomic E-state index is -1.01. The number of aromatic nitrogens is 2. The third kappa shape index (κ3) is 2.89. The van der Waals surface area contributed by atoms with E-state index in [-0.39, 0.29) is 24.6 Å². The molecule has 2 N–H and O–H groups in total. The van der Waals surface area contributed by atoms with Crippen LogP contribution in [0.1, 0.15) is 40.0 Å².